The molecule has 4 rings (SSSR count). The summed E-state index contributed by atoms with van der Waals surface area (Å²) in [4.78, 5) is 47.3. The number of amides is 2. The predicted octanol–water partition coefficient (Wildman–Crippen LogP) is 1.09. The number of aromatic nitrogens is 3. The number of aliphatic carboxylic acids is 1. The molecule has 16 heteroatoms. The summed E-state index contributed by atoms with van der Waals surface area (Å²) in [5.74, 6) is -1.68. The number of nitrogens with one attached hydrogen (secondary N) is 1. The molecule has 0 saturated carbocycles. The monoisotopic (exact) mass is 529 g/mol. The number of nitrogen functional groups attached to an aromatic ring is 1. The molecule has 2 aliphatic heterocycles. The SMILES string of the molecule is Cc1nc(SC2=C(C(=O)O)N3C(=O)[C@@H](NC(=O)/C(=N\O)c4nc(N)sc4Cl)[C@H]3SC2)cn1C. The van der Waals surface area contributed by atoms with Crippen molar-refractivity contribution in [3.05, 3.63) is 32.7 Å². The van der Waals surface area contributed by atoms with Crippen LogP contribution in [0.5, 0.6) is 0 Å². The highest BCUT2D eigenvalue weighted by Crippen LogP contribution is 2.45. The molecule has 4 heterocycles. The van der Waals surface area contributed by atoms with E-state index in [4.69, 9.17) is 17.3 Å². The molecule has 5 N–H and O–H groups in total. The van der Waals surface area contributed by atoms with E-state index in [0.29, 0.717) is 15.7 Å². The van der Waals surface area contributed by atoms with Gasteiger partial charge in [-0.2, -0.15) is 0 Å². The van der Waals surface area contributed by atoms with Crippen LogP contribution >= 0.6 is 46.5 Å². The number of hydrogen-bond acceptors (Lipinski definition) is 11. The number of oxime groups is 1. The predicted molar refractivity (Wildman–Crippen MR) is 123 cm³/mol. The average molecular weight is 530 g/mol. The van der Waals surface area contributed by atoms with Crippen LogP contribution in [0.15, 0.2) is 27.0 Å². The second-order valence-corrected chi connectivity index (χ2v) is 10.8. The Labute approximate surface area is 203 Å². The number of aryl methyl sites for hydroxylation is 2. The summed E-state index contributed by atoms with van der Waals surface area (Å²) in [6, 6.07) is -1.02. The van der Waals surface area contributed by atoms with Gasteiger partial charge in [-0.25, -0.2) is 14.8 Å². The summed E-state index contributed by atoms with van der Waals surface area (Å²) in [6.07, 6.45) is 1.77. The van der Waals surface area contributed by atoms with Crippen molar-refractivity contribution in [2.75, 3.05) is 11.5 Å². The van der Waals surface area contributed by atoms with Crippen LogP contribution in [0.3, 0.4) is 0 Å². The van der Waals surface area contributed by atoms with Gasteiger partial charge in [0.05, 0.1) is 0 Å². The minimum absolute atomic E-state index is 0.0478. The molecule has 2 aromatic rings. The number of thioether (sulfide) groups is 2. The number of carbonyl (C=O) groups excluding carboxylic acids is 2. The number of halogens is 1. The Hall–Kier alpha value is -2.75. The van der Waals surface area contributed by atoms with Crippen molar-refractivity contribution in [2.24, 2.45) is 12.2 Å². The fourth-order valence-electron chi connectivity index (χ4n) is 3.24. The highest BCUT2D eigenvalue weighted by molar-refractivity contribution is 8.06. The van der Waals surface area contributed by atoms with Gasteiger partial charge in [-0.05, 0) is 6.92 Å². The molecule has 12 nitrogen and oxygen atoms in total. The van der Waals surface area contributed by atoms with E-state index >= 15 is 0 Å². The molecule has 174 valence electrons. The lowest BCUT2D eigenvalue weighted by molar-refractivity contribution is -0.150. The average Bonchev–Trinajstić information content (AvgIpc) is 3.25. The topological polar surface area (TPSA) is 176 Å². The van der Waals surface area contributed by atoms with Crippen LogP contribution in [0, 0.1) is 6.92 Å². The van der Waals surface area contributed by atoms with Gasteiger partial charge in [-0.1, -0.05) is 39.9 Å². The van der Waals surface area contributed by atoms with Gasteiger partial charge < -0.3 is 25.9 Å². The molecule has 0 bridgehead atoms. The third kappa shape index (κ3) is 4.16. The number of anilines is 1. The number of β-lactam (4-membered cyclic amide) rings is 1. The molecule has 33 heavy (non-hydrogen) atoms. The van der Waals surface area contributed by atoms with Gasteiger partial charge >= 0.3 is 5.97 Å². The zero-order valence-corrected chi connectivity index (χ0v) is 20.2. The Kier molecular flexibility index (Phi) is 6.30. The summed E-state index contributed by atoms with van der Waals surface area (Å²) < 4.78 is 1.86. The summed E-state index contributed by atoms with van der Waals surface area (Å²) in [5.41, 5.74) is 4.80. The first-order chi connectivity index (χ1) is 15.6. The smallest absolute Gasteiger partial charge is 0.353 e. The maximum Gasteiger partial charge on any atom is 0.353 e. The van der Waals surface area contributed by atoms with Crippen LogP contribution in [0.25, 0.3) is 0 Å². The molecule has 0 aliphatic carbocycles. The normalized spacial score (nSPS) is 20.5. The number of carboxylic acid groups (broad SMARTS) is 1. The Bertz CT molecular complexity index is 1220. The van der Waals surface area contributed by atoms with Gasteiger partial charge in [0.1, 0.15) is 38.0 Å². The molecule has 0 aromatic carbocycles. The lowest BCUT2D eigenvalue weighted by Gasteiger charge is -2.49. The van der Waals surface area contributed by atoms with Crippen molar-refractivity contribution in [1.82, 2.24) is 24.8 Å². The summed E-state index contributed by atoms with van der Waals surface area (Å²) in [7, 11) is 1.83. The Morgan fingerprint density at radius 1 is 1.42 bits per heavy atom. The third-order valence-electron chi connectivity index (χ3n) is 4.88. The Morgan fingerprint density at radius 2 is 2.15 bits per heavy atom. The van der Waals surface area contributed by atoms with E-state index in [1.165, 1.54) is 23.5 Å². The van der Waals surface area contributed by atoms with E-state index in [-0.39, 0.29) is 20.9 Å². The Balaban J connectivity index is 1.54. The van der Waals surface area contributed by atoms with Crippen molar-refractivity contribution >= 4 is 75.1 Å². The molecule has 0 spiro atoms. The summed E-state index contributed by atoms with van der Waals surface area (Å²) in [5, 5.41) is 24.5. The largest absolute Gasteiger partial charge is 0.477 e. The standard InChI is InChI=1S/C17H16ClN7O5S3/c1-5-20-7(3-24(5)2)32-6-4-31-15-10(14(27)25(15)11(6)16(28)29)21-13(26)9(23-30)8-12(18)33-17(19)22-8/h3,10,15,30H,4H2,1-2H3,(H2,19,22)(H,21,26)(H,28,29)/b23-9-/t10-,15-/m1/s1. The van der Waals surface area contributed by atoms with E-state index in [1.54, 1.807) is 6.20 Å². The second kappa shape index (κ2) is 8.89. The first-order valence-corrected chi connectivity index (χ1v) is 12.2. The molecule has 0 radical (unpaired) electrons. The summed E-state index contributed by atoms with van der Waals surface area (Å²) >= 11 is 9.36. The first kappa shape index (κ1) is 23.4. The molecule has 2 amide bonds. The fraction of sp³-hybridized carbons (Fsp3) is 0.294. The minimum Gasteiger partial charge on any atom is -0.477 e. The number of fused-ring (bicyclic) bond motifs is 1. The highest BCUT2D eigenvalue weighted by atomic mass is 35.5. The van der Waals surface area contributed by atoms with Crippen molar-refractivity contribution in [2.45, 2.75) is 23.4 Å². The first-order valence-electron chi connectivity index (χ1n) is 9.16. The van der Waals surface area contributed by atoms with Crippen LogP contribution in [0.4, 0.5) is 5.13 Å². The lowest BCUT2D eigenvalue weighted by Crippen LogP contribution is -2.71. The molecular weight excluding hydrogens is 514 g/mol. The maximum atomic E-state index is 12.8. The van der Waals surface area contributed by atoms with Gasteiger partial charge in [0.15, 0.2) is 10.8 Å². The van der Waals surface area contributed by atoms with Crippen molar-refractivity contribution < 1.29 is 24.7 Å². The van der Waals surface area contributed by atoms with E-state index in [1.807, 2.05) is 18.5 Å². The number of nitrogens with zero attached hydrogens (tertiary/aromatic N) is 5. The van der Waals surface area contributed by atoms with Crippen molar-refractivity contribution in [1.29, 1.82) is 0 Å². The summed E-state index contributed by atoms with van der Waals surface area (Å²) in [6.45, 7) is 1.82. The molecular formula is C17H16ClN7O5S3. The van der Waals surface area contributed by atoms with E-state index in [0.717, 1.165) is 22.1 Å². The van der Waals surface area contributed by atoms with E-state index in [2.05, 4.69) is 20.4 Å². The lowest BCUT2D eigenvalue weighted by atomic mass is 10.0. The van der Waals surface area contributed by atoms with Crippen LogP contribution in [0.1, 0.15) is 11.5 Å². The number of hydrogen-bond donors (Lipinski definition) is 4. The van der Waals surface area contributed by atoms with Crippen LogP contribution in [-0.2, 0) is 21.4 Å². The van der Waals surface area contributed by atoms with Crippen molar-refractivity contribution in [3.8, 4) is 0 Å². The third-order valence-corrected chi connectivity index (χ3v) is 8.41. The van der Waals surface area contributed by atoms with Crippen LogP contribution < -0.4 is 11.1 Å². The zero-order valence-electron chi connectivity index (χ0n) is 17.0. The number of rotatable bonds is 6. The maximum absolute atomic E-state index is 12.8. The number of carbonyl (C=O) groups is 3. The van der Waals surface area contributed by atoms with E-state index < -0.39 is 34.9 Å². The molecule has 1 saturated heterocycles. The number of nitrogens with two attached hydrogens (primary N) is 1. The zero-order chi connectivity index (χ0) is 24.0. The Morgan fingerprint density at radius 3 is 2.70 bits per heavy atom. The van der Waals surface area contributed by atoms with Gasteiger partial charge in [-0.15, -0.1) is 11.8 Å². The quantitative estimate of drug-likeness (QED) is 0.183. The number of thiazole rings is 1. The molecule has 2 aromatic heterocycles. The second-order valence-electron chi connectivity index (χ2n) is 6.90. The van der Waals surface area contributed by atoms with Gasteiger partial charge in [-0.3, -0.25) is 14.5 Å². The fourth-order valence-corrected chi connectivity index (χ4v) is 6.73. The van der Waals surface area contributed by atoms with Gasteiger partial charge in [0, 0.05) is 23.9 Å². The molecule has 2 aliphatic rings. The van der Waals surface area contributed by atoms with Crippen molar-refractivity contribution in [3.63, 3.8) is 0 Å². The molecule has 0 unspecified atom stereocenters. The van der Waals surface area contributed by atoms with E-state index in [9.17, 15) is 24.7 Å². The minimum atomic E-state index is -1.25. The number of carboxylic acids is 1. The highest BCUT2D eigenvalue weighted by Gasteiger charge is 2.54. The van der Waals surface area contributed by atoms with Crippen LogP contribution in [-0.4, -0.2) is 70.4 Å². The molecule has 2 atom stereocenters. The number of imidazole rings is 1. The van der Waals surface area contributed by atoms with Gasteiger partial charge in [0.25, 0.3) is 11.8 Å². The van der Waals surface area contributed by atoms with Crippen LogP contribution in [0.2, 0.25) is 4.34 Å². The van der Waals surface area contributed by atoms with Gasteiger partial charge in [0.2, 0.25) is 0 Å². The molecule has 1 fully saturated rings.